The fourth-order valence-corrected chi connectivity index (χ4v) is 2.17. The lowest BCUT2D eigenvalue weighted by Crippen LogP contribution is -2.24. The Bertz CT molecular complexity index is 460. The summed E-state index contributed by atoms with van der Waals surface area (Å²) in [6.07, 6.45) is 0.281. The Morgan fingerprint density at radius 1 is 1.61 bits per heavy atom. The van der Waals surface area contributed by atoms with E-state index in [2.05, 4.69) is 27.9 Å². The van der Waals surface area contributed by atoms with Crippen LogP contribution in [-0.2, 0) is 4.79 Å². The summed E-state index contributed by atoms with van der Waals surface area (Å²) in [6.45, 7) is 2.73. The van der Waals surface area contributed by atoms with Crippen LogP contribution in [-0.4, -0.2) is 19.1 Å². The van der Waals surface area contributed by atoms with Crippen LogP contribution >= 0.6 is 22.6 Å². The average Bonchev–Trinajstić information content (AvgIpc) is 2.32. The molecule has 0 aromatic heterocycles. The van der Waals surface area contributed by atoms with Gasteiger partial charge in [0.15, 0.2) is 5.75 Å². The van der Waals surface area contributed by atoms with Crippen LogP contribution in [0.4, 0.5) is 5.69 Å². The van der Waals surface area contributed by atoms with Crippen LogP contribution in [0.3, 0.4) is 0 Å². The highest BCUT2D eigenvalue weighted by atomic mass is 127. The van der Waals surface area contributed by atoms with Crippen molar-refractivity contribution in [3.8, 4) is 11.8 Å². The normalized spacial score (nSPS) is 9.61. The average molecular weight is 359 g/mol. The Kier molecular flexibility index (Phi) is 5.71. The number of halogens is 1. The minimum Gasteiger partial charge on any atom is -0.490 e. The maximum atomic E-state index is 11.2. The van der Waals surface area contributed by atoms with E-state index in [4.69, 9.17) is 15.7 Å². The van der Waals surface area contributed by atoms with Crippen LogP contribution in [0.15, 0.2) is 12.1 Å². The molecule has 18 heavy (non-hydrogen) atoms. The van der Waals surface area contributed by atoms with Crippen molar-refractivity contribution in [1.29, 1.82) is 5.26 Å². The van der Waals surface area contributed by atoms with Crippen molar-refractivity contribution in [2.45, 2.75) is 13.3 Å². The van der Waals surface area contributed by atoms with E-state index in [0.717, 1.165) is 3.57 Å². The number of nitrogens with two attached hydrogens (primary N) is 1. The summed E-state index contributed by atoms with van der Waals surface area (Å²) in [7, 11) is 0. The summed E-state index contributed by atoms with van der Waals surface area (Å²) >= 11 is 2.05. The van der Waals surface area contributed by atoms with Crippen molar-refractivity contribution < 1.29 is 9.53 Å². The van der Waals surface area contributed by atoms with E-state index in [1.807, 2.05) is 13.0 Å². The molecule has 0 bridgehead atoms. The first-order chi connectivity index (χ1) is 8.58. The molecule has 0 unspecified atom stereocenters. The van der Waals surface area contributed by atoms with E-state index in [1.54, 1.807) is 12.1 Å². The second-order valence-electron chi connectivity index (χ2n) is 3.54. The van der Waals surface area contributed by atoms with E-state index >= 15 is 0 Å². The summed E-state index contributed by atoms with van der Waals surface area (Å²) in [5.41, 5.74) is 6.70. The van der Waals surface area contributed by atoms with Gasteiger partial charge in [0.05, 0.1) is 33.9 Å². The molecule has 1 aromatic rings. The fraction of sp³-hybridized carbons (Fsp3) is 0.333. The van der Waals surface area contributed by atoms with Gasteiger partial charge >= 0.3 is 0 Å². The van der Waals surface area contributed by atoms with Crippen LogP contribution in [0.2, 0.25) is 0 Å². The number of carbonyl (C=O) groups excluding carboxylic acids is 1. The molecular weight excluding hydrogens is 345 g/mol. The van der Waals surface area contributed by atoms with E-state index in [9.17, 15) is 4.79 Å². The van der Waals surface area contributed by atoms with Crippen molar-refractivity contribution >= 4 is 34.2 Å². The molecule has 1 aromatic carbocycles. The van der Waals surface area contributed by atoms with Crippen LogP contribution in [0.5, 0.6) is 5.75 Å². The van der Waals surface area contributed by atoms with Gasteiger partial charge in [-0.25, -0.2) is 0 Å². The smallest absolute Gasteiger partial charge is 0.223 e. The molecule has 3 N–H and O–H groups in total. The third kappa shape index (κ3) is 4.07. The topological polar surface area (TPSA) is 88.1 Å². The molecule has 1 amide bonds. The first-order valence-electron chi connectivity index (χ1n) is 5.47. The highest BCUT2D eigenvalue weighted by Crippen LogP contribution is 2.29. The molecule has 0 atom stereocenters. The molecule has 0 radical (unpaired) electrons. The number of ether oxygens (including phenoxy) is 1. The number of nitrogens with zero attached hydrogens (tertiary/aromatic N) is 1. The Hall–Kier alpha value is -1.49. The molecule has 1 rings (SSSR count). The molecule has 0 fully saturated rings. The summed E-state index contributed by atoms with van der Waals surface area (Å²) in [5, 5.41) is 11.5. The van der Waals surface area contributed by atoms with Crippen LogP contribution in [0.25, 0.3) is 0 Å². The number of anilines is 1. The van der Waals surface area contributed by atoms with Crippen molar-refractivity contribution in [1.82, 2.24) is 5.32 Å². The molecule has 0 saturated heterocycles. The van der Waals surface area contributed by atoms with E-state index in [1.165, 1.54) is 0 Å². The number of carbonyl (C=O) groups is 1. The molecule has 0 spiro atoms. The van der Waals surface area contributed by atoms with Gasteiger partial charge in [-0.05, 0) is 41.6 Å². The number of nitrogen functional groups attached to an aromatic ring is 1. The van der Waals surface area contributed by atoms with Crippen molar-refractivity contribution in [3.05, 3.63) is 21.3 Å². The van der Waals surface area contributed by atoms with Crippen LogP contribution in [0.1, 0.15) is 18.9 Å². The summed E-state index contributed by atoms with van der Waals surface area (Å²) in [5.74, 6) is 0.471. The minimum atomic E-state index is -0.0558. The Labute approximate surface area is 119 Å². The largest absolute Gasteiger partial charge is 0.490 e. The fourth-order valence-electron chi connectivity index (χ4n) is 1.36. The highest BCUT2D eigenvalue weighted by molar-refractivity contribution is 14.1. The van der Waals surface area contributed by atoms with Crippen molar-refractivity contribution in [3.63, 3.8) is 0 Å². The van der Waals surface area contributed by atoms with Gasteiger partial charge in [-0.3, -0.25) is 4.79 Å². The SMILES string of the molecule is CCNC(=O)CCOc1c(N)cc(C#N)cc1I. The molecule has 0 aliphatic carbocycles. The Morgan fingerprint density at radius 3 is 2.89 bits per heavy atom. The standard InChI is InChI=1S/C12H14IN3O2/c1-2-16-11(17)3-4-18-12-9(13)5-8(7-14)6-10(12)15/h5-6H,2-4,15H2,1H3,(H,16,17). The molecule has 0 aliphatic heterocycles. The minimum absolute atomic E-state index is 0.0558. The third-order valence-corrected chi connectivity index (χ3v) is 2.95. The number of amides is 1. The first kappa shape index (κ1) is 14.6. The number of nitriles is 1. The number of hydrogen-bond acceptors (Lipinski definition) is 4. The Morgan fingerprint density at radius 2 is 2.33 bits per heavy atom. The van der Waals surface area contributed by atoms with Gasteiger partial charge in [0.25, 0.3) is 0 Å². The molecule has 0 aliphatic rings. The second kappa shape index (κ2) is 7.06. The highest BCUT2D eigenvalue weighted by Gasteiger charge is 2.09. The summed E-state index contributed by atoms with van der Waals surface area (Å²) in [4.78, 5) is 11.2. The number of nitrogens with one attached hydrogen (secondary N) is 1. The van der Waals surface area contributed by atoms with Gasteiger partial charge < -0.3 is 15.8 Å². The van der Waals surface area contributed by atoms with Gasteiger partial charge in [-0.1, -0.05) is 0 Å². The predicted octanol–water partition coefficient (Wildman–Crippen LogP) is 1.65. The summed E-state index contributed by atoms with van der Waals surface area (Å²) < 4.78 is 6.25. The number of benzene rings is 1. The third-order valence-electron chi connectivity index (χ3n) is 2.15. The molecule has 96 valence electrons. The van der Waals surface area contributed by atoms with Crippen LogP contribution < -0.4 is 15.8 Å². The van der Waals surface area contributed by atoms with Crippen molar-refractivity contribution in [2.24, 2.45) is 0 Å². The van der Waals surface area contributed by atoms with E-state index in [-0.39, 0.29) is 18.9 Å². The van der Waals surface area contributed by atoms with Gasteiger partial charge in [0.1, 0.15) is 0 Å². The van der Waals surface area contributed by atoms with Gasteiger partial charge in [-0.15, -0.1) is 0 Å². The monoisotopic (exact) mass is 359 g/mol. The number of rotatable bonds is 5. The maximum Gasteiger partial charge on any atom is 0.223 e. The lowest BCUT2D eigenvalue weighted by molar-refractivity contribution is -0.121. The Balaban J connectivity index is 2.63. The zero-order valence-electron chi connectivity index (χ0n) is 10.00. The number of hydrogen-bond donors (Lipinski definition) is 2. The molecule has 0 saturated carbocycles. The zero-order valence-corrected chi connectivity index (χ0v) is 12.2. The zero-order chi connectivity index (χ0) is 13.5. The molecule has 0 heterocycles. The van der Waals surface area contributed by atoms with Gasteiger partial charge in [0.2, 0.25) is 5.91 Å². The molecule has 6 heteroatoms. The van der Waals surface area contributed by atoms with Gasteiger partial charge in [-0.2, -0.15) is 5.26 Å². The van der Waals surface area contributed by atoms with Gasteiger partial charge in [0, 0.05) is 6.54 Å². The van der Waals surface area contributed by atoms with Crippen LogP contribution in [0, 0.1) is 14.9 Å². The summed E-state index contributed by atoms with van der Waals surface area (Å²) in [6, 6.07) is 5.27. The predicted molar refractivity (Wildman–Crippen MR) is 77.1 cm³/mol. The van der Waals surface area contributed by atoms with E-state index < -0.39 is 0 Å². The van der Waals surface area contributed by atoms with Crippen molar-refractivity contribution in [2.75, 3.05) is 18.9 Å². The quantitative estimate of drug-likeness (QED) is 0.618. The first-order valence-corrected chi connectivity index (χ1v) is 6.55. The lowest BCUT2D eigenvalue weighted by atomic mass is 10.2. The lowest BCUT2D eigenvalue weighted by Gasteiger charge is -2.11. The van der Waals surface area contributed by atoms with E-state index in [0.29, 0.717) is 23.5 Å². The molecular formula is C12H14IN3O2. The maximum absolute atomic E-state index is 11.2. The molecule has 5 nitrogen and oxygen atoms in total. The second-order valence-corrected chi connectivity index (χ2v) is 4.70.